The van der Waals surface area contributed by atoms with Gasteiger partial charge in [-0.05, 0) is 35.4 Å². The van der Waals surface area contributed by atoms with E-state index in [0.29, 0.717) is 16.7 Å². The van der Waals surface area contributed by atoms with E-state index in [1.165, 1.54) is 36.4 Å². The first kappa shape index (κ1) is 19.5. The smallest absolute Gasteiger partial charge is 0.411 e. The number of carbonyl (C=O) groups is 2. The molecule has 2 N–H and O–H groups in total. The Hall–Kier alpha value is -2.87. The van der Waals surface area contributed by atoms with Crippen molar-refractivity contribution in [2.45, 2.75) is 19.4 Å². The number of alkyl halides is 3. The van der Waals surface area contributed by atoms with Gasteiger partial charge < -0.3 is 15.2 Å². The fourth-order valence-corrected chi connectivity index (χ4v) is 2.02. The van der Waals surface area contributed by atoms with E-state index in [4.69, 9.17) is 10.5 Å². The van der Waals surface area contributed by atoms with Crippen LogP contribution in [-0.4, -0.2) is 24.7 Å². The zero-order valence-corrected chi connectivity index (χ0v) is 13.6. The van der Waals surface area contributed by atoms with Crippen LogP contribution in [0.3, 0.4) is 0 Å². The van der Waals surface area contributed by atoms with Gasteiger partial charge >= 0.3 is 12.1 Å². The lowest BCUT2D eigenvalue weighted by molar-refractivity contribution is -0.176. The molecule has 138 valence electrons. The van der Waals surface area contributed by atoms with Gasteiger partial charge in [0.25, 0.3) is 0 Å². The summed E-state index contributed by atoms with van der Waals surface area (Å²) in [6, 6.07) is 12.2. The van der Waals surface area contributed by atoms with Crippen molar-refractivity contribution in [2.24, 2.45) is 5.73 Å². The Morgan fingerprint density at radius 2 is 1.35 bits per heavy atom. The molecule has 1 amide bonds. The number of halogens is 3. The number of primary amides is 1. The molecule has 8 heteroatoms. The van der Waals surface area contributed by atoms with Crippen molar-refractivity contribution in [3.05, 3.63) is 70.8 Å². The summed E-state index contributed by atoms with van der Waals surface area (Å²) in [5.74, 6) is -1.13. The minimum absolute atomic E-state index is 0.00825. The second kappa shape index (κ2) is 8.48. The third-order valence-electron chi connectivity index (χ3n) is 3.33. The first-order valence-corrected chi connectivity index (χ1v) is 7.54. The number of ether oxygens (including phenoxy) is 2. The maximum atomic E-state index is 12.0. The minimum Gasteiger partial charge on any atom is -0.457 e. The van der Waals surface area contributed by atoms with Gasteiger partial charge in [0.1, 0.15) is 13.2 Å². The van der Waals surface area contributed by atoms with Crippen molar-refractivity contribution in [3.8, 4) is 0 Å². The van der Waals surface area contributed by atoms with E-state index in [1.54, 1.807) is 12.1 Å². The van der Waals surface area contributed by atoms with E-state index in [1.807, 2.05) is 0 Å². The summed E-state index contributed by atoms with van der Waals surface area (Å²) in [7, 11) is 0. The van der Waals surface area contributed by atoms with Gasteiger partial charge in [-0.1, -0.05) is 24.3 Å². The SMILES string of the molecule is NC(=O)c1ccc(COC(=O)c2ccc(COCC(F)(F)F)cc2)cc1. The predicted molar refractivity (Wildman–Crippen MR) is 86.2 cm³/mol. The maximum absolute atomic E-state index is 12.0. The van der Waals surface area contributed by atoms with E-state index < -0.39 is 24.7 Å². The predicted octanol–water partition coefficient (Wildman–Crippen LogP) is 3.22. The summed E-state index contributed by atoms with van der Waals surface area (Å²) in [5.41, 5.74) is 6.94. The zero-order chi connectivity index (χ0) is 19.2. The molecule has 0 unspecified atom stereocenters. The van der Waals surface area contributed by atoms with Gasteiger partial charge in [-0.15, -0.1) is 0 Å². The molecule has 0 aliphatic carbocycles. The number of benzene rings is 2. The van der Waals surface area contributed by atoms with Crippen molar-refractivity contribution < 1.29 is 32.2 Å². The number of amides is 1. The molecule has 2 aromatic carbocycles. The largest absolute Gasteiger partial charge is 0.457 e. The fourth-order valence-electron chi connectivity index (χ4n) is 2.02. The molecule has 5 nitrogen and oxygen atoms in total. The third-order valence-corrected chi connectivity index (χ3v) is 3.33. The standard InChI is InChI=1S/C18H16F3NO4/c19-18(20,21)11-25-9-12-3-7-15(8-4-12)17(24)26-10-13-1-5-14(6-2-13)16(22)23/h1-8H,9-11H2,(H2,22,23). The van der Waals surface area contributed by atoms with E-state index in [-0.39, 0.29) is 18.8 Å². The van der Waals surface area contributed by atoms with Crippen LogP contribution in [0.15, 0.2) is 48.5 Å². The lowest BCUT2D eigenvalue weighted by Gasteiger charge is -2.08. The molecule has 0 aliphatic heterocycles. The number of hydrogen-bond acceptors (Lipinski definition) is 4. The van der Waals surface area contributed by atoms with Crippen LogP contribution in [0.2, 0.25) is 0 Å². The van der Waals surface area contributed by atoms with E-state index in [0.717, 1.165) is 0 Å². The summed E-state index contributed by atoms with van der Waals surface area (Å²) in [6.07, 6.45) is -4.38. The Labute approximate surface area is 147 Å². The summed E-state index contributed by atoms with van der Waals surface area (Å²) in [5, 5.41) is 0. The quantitative estimate of drug-likeness (QED) is 0.762. The maximum Gasteiger partial charge on any atom is 0.411 e. The molecule has 0 saturated carbocycles. The molecule has 0 bridgehead atoms. The van der Waals surface area contributed by atoms with Crippen LogP contribution < -0.4 is 5.73 Å². The molecule has 0 saturated heterocycles. The van der Waals surface area contributed by atoms with Gasteiger partial charge in [-0.2, -0.15) is 13.2 Å². The Balaban J connectivity index is 1.84. The minimum atomic E-state index is -4.38. The first-order valence-electron chi connectivity index (χ1n) is 7.54. The summed E-state index contributed by atoms with van der Waals surface area (Å²) < 4.78 is 45.7. The molecule has 26 heavy (non-hydrogen) atoms. The topological polar surface area (TPSA) is 78.6 Å². The van der Waals surface area contributed by atoms with Crippen LogP contribution in [0.5, 0.6) is 0 Å². The van der Waals surface area contributed by atoms with Crippen molar-refractivity contribution >= 4 is 11.9 Å². The lowest BCUT2D eigenvalue weighted by atomic mass is 10.1. The highest BCUT2D eigenvalue weighted by atomic mass is 19.4. The highest BCUT2D eigenvalue weighted by molar-refractivity contribution is 5.92. The van der Waals surface area contributed by atoms with Crippen LogP contribution in [0.1, 0.15) is 31.8 Å². The third kappa shape index (κ3) is 6.21. The molecule has 2 rings (SSSR count). The highest BCUT2D eigenvalue weighted by Gasteiger charge is 2.27. The molecule has 2 aromatic rings. The number of hydrogen-bond donors (Lipinski definition) is 1. The second-order valence-corrected chi connectivity index (χ2v) is 5.44. The molecule has 0 spiro atoms. The van der Waals surface area contributed by atoms with Crippen LogP contribution in [-0.2, 0) is 22.7 Å². The van der Waals surface area contributed by atoms with Gasteiger partial charge in [0.05, 0.1) is 12.2 Å². The van der Waals surface area contributed by atoms with Gasteiger partial charge in [-0.3, -0.25) is 4.79 Å². The average Bonchev–Trinajstić information content (AvgIpc) is 2.59. The summed E-state index contributed by atoms with van der Waals surface area (Å²) in [6.45, 7) is -1.53. The van der Waals surface area contributed by atoms with E-state index in [9.17, 15) is 22.8 Å². The first-order chi connectivity index (χ1) is 12.2. The van der Waals surface area contributed by atoms with Crippen LogP contribution in [0.25, 0.3) is 0 Å². The van der Waals surface area contributed by atoms with Gasteiger partial charge in [-0.25, -0.2) is 4.79 Å². The van der Waals surface area contributed by atoms with E-state index in [2.05, 4.69) is 4.74 Å². The summed E-state index contributed by atoms with van der Waals surface area (Å²) in [4.78, 5) is 23.0. The number of esters is 1. The van der Waals surface area contributed by atoms with Gasteiger partial charge in [0.15, 0.2) is 0 Å². The van der Waals surface area contributed by atoms with Gasteiger partial charge in [0.2, 0.25) is 5.91 Å². The Morgan fingerprint density at radius 3 is 1.85 bits per heavy atom. The van der Waals surface area contributed by atoms with Crippen LogP contribution in [0, 0.1) is 0 Å². The number of carbonyl (C=O) groups excluding carboxylic acids is 2. The monoisotopic (exact) mass is 367 g/mol. The summed E-state index contributed by atoms with van der Waals surface area (Å²) >= 11 is 0. The lowest BCUT2D eigenvalue weighted by Crippen LogP contribution is -2.16. The number of rotatable bonds is 7. The highest BCUT2D eigenvalue weighted by Crippen LogP contribution is 2.16. The zero-order valence-electron chi connectivity index (χ0n) is 13.6. The Kier molecular flexibility index (Phi) is 6.35. The molecule has 0 fully saturated rings. The Morgan fingerprint density at radius 1 is 0.846 bits per heavy atom. The molecular weight excluding hydrogens is 351 g/mol. The van der Waals surface area contributed by atoms with Crippen molar-refractivity contribution in [3.63, 3.8) is 0 Å². The van der Waals surface area contributed by atoms with Crippen molar-refractivity contribution in [2.75, 3.05) is 6.61 Å². The van der Waals surface area contributed by atoms with Crippen LogP contribution in [0.4, 0.5) is 13.2 Å². The van der Waals surface area contributed by atoms with Crippen LogP contribution >= 0.6 is 0 Å². The molecule has 0 aromatic heterocycles. The Bertz CT molecular complexity index is 756. The van der Waals surface area contributed by atoms with Crippen molar-refractivity contribution in [1.82, 2.24) is 0 Å². The normalized spacial score (nSPS) is 11.2. The second-order valence-electron chi connectivity index (χ2n) is 5.44. The van der Waals surface area contributed by atoms with Gasteiger partial charge in [0, 0.05) is 5.56 Å². The van der Waals surface area contributed by atoms with E-state index >= 15 is 0 Å². The molecule has 0 atom stereocenters. The molecular formula is C18H16F3NO4. The molecule has 0 heterocycles. The number of nitrogens with two attached hydrogens (primary N) is 1. The fraction of sp³-hybridized carbons (Fsp3) is 0.222. The van der Waals surface area contributed by atoms with Crippen molar-refractivity contribution in [1.29, 1.82) is 0 Å². The average molecular weight is 367 g/mol. The molecule has 0 aliphatic rings. The molecule has 0 radical (unpaired) electrons.